The molecule has 3 aliphatic heterocycles. The van der Waals surface area contributed by atoms with Crippen molar-refractivity contribution in [3.63, 3.8) is 0 Å². The standard InChI is InChI=1S/C7H8O.C6H8N2.C6H13N.C5H11NO.C5H11N.C4H6N2/c1-8-7-5-3-2-4-6-7;1-7-6-4-2-3-5-8-6;2*1-6-2-4-7-5-3-6;1-6-4-2-3-5-6;1-6-3-2-5-4-6/h2-6H,1H3;2-5H,1H3,(H,7,8);6-7H,2-5H2,1H3;2-5H2,1H3;2-5H2,1H3;2-4H,1H3. The molecule has 0 amide bonds. The molecule has 3 aliphatic rings. The molecule has 0 atom stereocenters. The van der Waals surface area contributed by atoms with E-state index in [0.29, 0.717) is 0 Å². The van der Waals surface area contributed by atoms with Gasteiger partial charge in [0, 0.05) is 45.8 Å². The van der Waals surface area contributed by atoms with Crippen LogP contribution in [0.1, 0.15) is 32.6 Å². The molecule has 0 bridgehead atoms. The van der Waals surface area contributed by atoms with Crippen molar-refractivity contribution in [2.45, 2.75) is 32.6 Å². The summed E-state index contributed by atoms with van der Waals surface area (Å²) in [6.45, 7) is 11.5. The maximum Gasteiger partial charge on any atom is 0.125 e. The van der Waals surface area contributed by atoms with E-state index >= 15 is 0 Å². The summed E-state index contributed by atoms with van der Waals surface area (Å²) in [4.78, 5) is 12.4. The largest absolute Gasteiger partial charge is 0.497 e. The fraction of sp³-hybridized carbons (Fsp3) is 0.576. The van der Waals surface area contributed by atoms with Crippen LogP contribution in [-0.4, -0.2) is 105 Å². The summed E-state index contributed by atoms with van der Waals surface area (Å²) in [6, 6.07) is 15.4. The van der Waals surface area contributed by atoms with Gasteiger partial charge in [-0.3, -0.25) is 0 Å². The van der Waals surface area contributed by atoms with Gasteiger partial charge in [-0.2, -0.15) is 0 Å². The number of methoxy groups -OCH3 is 1. The summed E-state index contributed by atoms with van der Waals surface area (Å²) in [5.74, 6) is 2.79. The maximum absolute atomic E-state index is 5.10. The zero-order valence-electron chi connectivity index (χ0n) is 27.0. The first kappa shape index (κ1) is 37.0. The van der Waals surface area contributed by atoms with E-state index in [1.807, 2.05) is 73.4 Å². The van der Waals surface area contributed by atoms with Gasteiger partial charge in [0.1, 0.15) is 11.6 Å². The summed E-state index contributed by atoms with van der Waals surface area (Å²) < 4.78 is 11.9. The molecule has 2 aromatic heterocycles. The maximum atomic E-state index is 5.10. The second-order valence-electron chi connectivity index (χ2n) is 10.6. The van der Waals surface area contributed by atoms with Crippen LogP contribution in [0.4, 0.5) is 5.82 Å². The molecule has 3 aromatic rings. The fourth-order valence-electron chi connectivity index (χ4n) is 3.89. The normalized spacial score (nSPS) is 16.6. The van der Waals surface area contributed by atoms with Gasteiger partial charge in [0.2, 0.25) is 0 Å². The number of likely N-dealkylation sites (tertiary alicyclic amines) is 1. The van der Waals surface area contributed by atoms with Crippen LogP contribution in [0.5, 0.6) is 5.75 Å². The lowest BCUT2D eigenvalue weighted by atomic mass is 10.0. The monoisotopic (exact) mass is 583 g/mol. The number of piperidine rings is 1. The number of nitrogens with one attached hydrogen (secondary N) is 2. The van der Waals surface area contributed by atoms with Crippen molar-refractivity contribution in [2.75, 3.05) is 86.1 Å². The van der Waals surface area contributed by atoms with Gasteiger partial charge < -0.3 is 34.5 Å². The lowest BCUT2D eigenvalue weighted by Crippen LogP contribution is -2.32. The second-order valence-corrected chi connectivity index (χ2v) is 10.6. The summed E-state index contributed by atoms with van der Waals surface area (Å²) in [6.07, 6.45) is 12.7. The van der Waals surface area contributed by atoms with Crippen LogP contribution in [0.2, 0.25) is 0 Å². The number of pyridine rings is 1. The SMILES string of the molecule is CC1CCNCC1.CN1CCCC1.CN1CCOCC1.CNc1ccccn1.COc1ccccc1.Cn1ccnc1. The van der Waals surface area contributed by atoms with Crippen LogP contribution in [0.25, 0.3) is 0 Å². The van der Waals surface area contributed by atoms with Crippen LogP contribution in [-0.2, 0) is 11.8 Å². The summed E-state index contributed by atoms with van der Waals surface area (Å²) in [7, 11) is 9.74. The van der Waals surface area contributed by atoms with Gasteiger partial charge in [-0.1, -0.05) is 31.2 Å². The number of hydrogen-bond donors (Lipinski definition) is 2. The fourth-order valence-corrected chi connectivity index (χ4v) is 3.89. The van der Waals surface area contributed by atoms with Crippen LogP contribution in [0.15, 0.2) is 73.4 Å². The molecule has 42 heavy (non-hydrogen) atoms. The molecule has 0 saturated carbocycles. The number of aromatic nitrogens is 3. The molecule has 9 nitrogen and oxygen atoms in total. The van der Waals surface area contributed by atoms with Crippen LogP contribution < -0.4 is 15.4 Å². The number of aryl methyl sites for hydroxylation is 1. The highest BCUT2D eigenvalue weighted by molar-refractivity contribution is 5.31. The number of hydrogen-bond acceptors (Lipinski definition) is 8. The third kappa shape index (κ3) is 21.7. The number of rotatable bonds is 2. The van der Waals surface area contributed by atoms with E-state index in [1.54, 1.807) is 25.8 Å². The molecule has 9 heteroatoms. The third-order valence-electron chi connectivity index (χ3n) is 6.73. The molecule has 1 aromatic carbocycles. The van der Waals surface area contributed by atoms with E-state index in [1.165, 1.54) is 51.9 Å². The Bertz CT molecular complexity index is 872. The minimum atomic E-state index is 0.910. The first-order valence-electron chi connectivity index (χ1n) is 15.2. The van der Waals surface area contributed by atoms with E-state index in [4.69, 9.17) is 9.47 Å². The number of imidazole rings is 1. The summed E-state index contributed by atoms with van der Waals surface area (Å²) in [5.41, 5.74) is 0. The Labute approximate surface area is 255 Å². The van der Waals surface area contributed by atoms with Crippen molar-refractivity contribution in [1.82, 2.24) is 29.7 Å². The van der Waals surface area contributed by atoms with E-state index in [2.05, 4.69) is 51.4 Å². The Morgan fingerprint density at radius 1 is 0.857 bits per heavy atom. The lowest BCUT2D eigenvalue weighted by Gasteiger charge is -2.21. The molecule has 236 valence electrons. The number of ether oxygens (including phenoxy) is 2. The number of anilines is 1. The molecule has 5 heterocycles. The lowest BCUT2D eigenvalue weighted by molar-refractivity contribution is 0.0503. The second kappa shape index (κ2) is 25.7. The van der Waals surface area contributed by atoms with Gasteiger partial charge in [0.25, 0.3) is 0 Å². The zero-order valence-corrected chi connectivity index (χ0v) is 27.0. The van der Waals surface area contributed by atoms with Crippen molar-refractivity contribution in [2.24, 2.45) is 13.0 Å². The minimum absolute atomic E-state index is 0.910. The molecule has 0 spiro atoms. The third-order valence-corrected chi connectivity index (χ3v) is 6.73. The Kier molecular flexibility index (Phi) is 22.7. The number of benzene rings is 1. The quantitative estimate of drug-likeness (QED) is 0.441. The average molecular weight is 584 g/mol. The Hall–Kier alpha value is -2.98. The number of nitrogens with zero attached hydrogens (tertiary/aromatic N) is 5. The molecular formula is C33H57N7O2. The molecule has 6 rings (SSSR count). The highest BCUT2D eigenvalue weighted by atomic mass is 16.5. The van der Waals surface area contributed by atoms with Gasteiger partial charge in [0.15, 0.2) is 0 Å². The average Bonchev–Trinajstić information content (AvgIpc) is 3.73. The number of likely N-dealkylation sites (N-methyl/N-ethyl adjacent to an activating group) is 1. The molecule has 3 fully saturated rings. The summed E-state index contributed by atoms with van der Waals surface area (Å²) >= 11 is 0. The molecular weight excluding hydrogens is 526 g/mol. The first-order valence-corrected chi connectivity index (χ1v) is 15.2. The van der Waals surface area contributed by atoms with Gasteiger partial charge in [-0.15, -0.1) is 0 Å². The number of morpholine rings is 1. The molecule has 0 unspecified atom stereocenters. The smallest absolute Gasteiger partial charge is 0.125 e. The zero-order chi connectivity index (χ0) is 30.7. The highest BCUT2D eigenvalue weighted by Crippen LogP contribution is 2.08. The Morgan fingerprint density at radius 3 is 1.76 bits per heavy atom. The van der Waals surface area contributed by atoms with Crippen LogP contribution in [0, 0.1) is 5.92 Å². The Balaban J connectivity index is 0.000000253. The van der Waals surface area contributed by atoms with E-state index in [0.717, 1.165) is 43.8 Å². The van der Waals surface area contributed by atoms with E-state index < -0.39 is 0 Å². The molecule has 0 aliphatic carbocycles. The van der Waals surface area contributed by atoms with Gasteiger partial charge in [-0.25, -0.2) is 9.97 Å². The van der Waals surface area contributed by atoms with Crippen molar-refractivity contribution < 1.29 is 9.47 Å². The van der Waals surface area contributed by atoms with Gasteiger partial charge in [-0.05, 0) is 96.1 Å². The molecule has 3 saturated heterocycles. The first-order chi connectivity index (χ1) is 20.4. The van der Waals surface area contributed by atoms with E-state index in [9.17, 15) is 0 Å². The topological polar surface area (TPSA) is 79.7 Å². The minimum Gasteiger partial charge on any atom is -0.497 e. The van der Waals surface area contributed by atoms with Crippen molar-refractivity contribution in [3.05, 3.63) is 73.4 Å². The van der Waals surface area contributed by atoms with Crippen molar-refractivity contribution in [3.8, 4) is 5.75 Å². The van der Waals surface area contributed by atoms with Crippen LogP contribution >= 0.6 is 0 Å². The molecule has 0 radical (unpaired) electrons. The van der Waals surface area contributed by atoms with Gasteiger partial charge in [0.05, 0.1) is 26.7 Å². The number of para-hydroxylation sites is 1. The van der Waals surface area contributed by atoms with Crippen molar-refractivity contribution >= 4 is 5.82 Å². The Morgan fingerprint density at radius 2 is 1.48 bits per heavy atom. The predicted octanol–water partition coefficient (Wildman–Crippen LogP) is 4.90. The van der Waals surface area contributed by atoms with Gasteiger partial charge >= 0.3 is 0 Å². The van der Waals surface area contributed by atoms with Crippen LogP contribution in [0.3, 0.4) is 0 Å². The summed E-state index contributed by atoms with van der Waals surface area (Å²) in [5, 5.41) is 6.23. The predicted molar refractivity (Wildman–Crippen MR) is 176 cm³/mol. The molecule has 2 N–H and O–H groups in total. The highest BCUT2D eigenvalue weighted by Gasteiger charge is 2.05. The van der Waals surface area contributed by atoms with Crippen molar-refractivity contribution in [1.29, 1.82) is 0 Å². The van der Waals surface area contributed by atoms with E-state index in [-0.39, 0.29) is 0 Å².